The second-order valence-corrected chi connectivity index (χ2v) is 4.84. The second-order valence-electron chi connectivity index (χ2n) is 3.99. The Morgan fingerprint density at radius 1 is 1.28 bits per heavy atom. The van der Waals surface area contributed by atoms with E-state index in [4.69, 9.17) is 0 Å². The van der Waals surface area contributed by atoms with Crippen LogP contribution in [-0.2, 0) is 0 Å². The summed E-state index contributed by atoms with van der Waals surface area (Å²) < 4.78 is 0.968. The van der Waals surface area contributed by atoms with Gasteiger partial charge >= 0.3 is 0 Å². The van der Waals surface area contributed by atoms with Gasteiger partial charge in [-0.25, -0.2) is 0 Å². The van der Waals surface area contributed by atoms with Gasteiger partial charge in [-0.3, -0.25) is 4.98 Å². The number of rotatable bonds is 5. The number of pyridine rings is 1. The molecule has 0 spiro atoms. The van der Waals surface area contributed by atoms with Gasteiger partial charge in [0.2, 0.25) is 0 Å². The molecule has 0 aliphatic heterocycles. The van der Waals surface area contributed by atoms with Gasteiger partial charge < -0.3 is 5.32 Å². The van der Waals surface area contributed by atoms with E-state index in [0.29, 0.717) is 0 Å². The highest BCUT2D eigenvalue weighted by atomic mass is 79.9. The minimum Gasteiger partial charge on any atom is -0.377 e. The van der Waals surface area contributed by atoms with Crippen LogP contribution in [0.1, 0.15) is 18.0 Å². The Kier molecular flexibility index (Phi) is 4.53. The van der Waals surface area contributed by atoms with E-state index in [1.165, 1.54) is 5.56 Å². The van der Waals surface area contributed by atoms with Crippen molar-refractivity contribution >= 4 is 21.6 Å². The molecular weight excluding hydrogens is 288 g/mol. The van der Waals surface area contributed by atoms with Crippen molar-refractivity contribution in [2.24, 2.45) is 0 Å². The van der Waals surface area contributed by atoms with Gasteiger partial charge in [-0.1, -0.05) is 36.4 Å². The van der Waals surface area contributed by atoms with Gasteiger partial charge in [-0.15, -0.1) is 6.58 Å². The normalized spacial score (nSPS) is 11.8. The SMILES string of the molecule is C=CCC(Nc1ccncc1Br)c1ccccc1. The molecule has 92 valence electrons. The summed E-state index contributed by atoms with van der Waals surface area (Å²) in [5.41, 5.74) is 2.29. The highest BCUT2D eigenvalue weighted by Gasteiger charge is 2.10. The average molecular weight is 303 g/mol. The van der Waals surface area contributed by atoms with Crippen LogP contribution in [0.25, 0.3) is 0 Å². The van der Waals surface area contributed by atoms with Crippen LogP contribution in [-0.4, -0.2) is 4.98 Å². The molecule has 0 radical (unpaired) electrons. The third kappa shape index (κ3) is 3.20. The zero-order chi connectivity index (χ0) is 12.8. The molecule has 1 unspecified atom stereocenters. The molecule has 2 aromatic rings. The van der Waals surface area contributed by atoms with E-state index in [-0.39, 0.29) is 6.04 Å². The minimum atomic E-state index is 0.224. The Balaban J connectivity index is 2.22. The van der Waals surface area contributed by atoms with Crippen LogP contribution in [0.2, 0.25) is 0 Å². The molecule has 1 N–H and O–H groups in total. The summed E-state index contributed by atoms with van der Waals surface area (Å²) in [5, 5.41) is 3.51. The van der Waals surface area contributed by atoms with E-state index < -0.39 is 0 Å². The zero-order valence-corrected chi connectivity index (χ0v) is 11.6. The Hall–Kier alpha value is -1.61. The summed E-state index contributed by atoms with van der Waals surface area (Å²) in [7, 11) is 0. The molecule has 1 heterocycles. The first-order valence-electron chi connectivity index (χ1n) is 5.83. The molecule has 0 fully saturated rings. The number of halogens is 1. The highest BCUT2D eigenvalue weighted by molar-refractivity contribution is 9.10. The summed E-state index contributed by atoms with van der Waals surface area (Å²) in [4.78, 5) is 4.06. The maximum atomic E-state index is 4.06. The van der Waals surface area contributed by atoms with E-state index in [9.17, 15) is 0 Å². The fraction of sp³-hybridized carbons (Fsp3) is 0.133. The fourth-order valence-corrected chi connectivity index (χ4v) is 2.18. The maximum Gasteiger partial charge on any atom is 0.0590 e. The van der Waals surface area contributed by atoms with Crippen molar-refractivity contribution in [2.45, 2.75) is 12.5 Å². The number of hydrogen-bond donors (Lipinski definition) is 1. The number of aromatic nitrogens is 1. The Morgan fingerprint density at radius 3 is 2.72 bits per heavy atom. The van der Waals surface area contributed by atoms with Crippen molar-refractivity contribution in [3.63, 3.8) is 0 Å². The lowest BCUT2D eigenvalue weighted by Crippen LogP contribution is -2.10. The lowest BCUT2D eigenvalue weighted by molar-refractivity contribution is 0.798. The van der Waals surface area contributed by atoms with Crippen molar-refractivity contribution in [1.82, 2.24) is 4.98 Å². The maximum absolute atomic E-state index is 4.06. The number of nitrogens with one attached hydrogen (secondary N) is 1. The zero-order valence-electron chi connectivity index (χ0n) is 10.0. The van der Waals surface area contributed by atoms with Crippen LogP contribution >= 0.6 is 15.9 Å². The quantitative estimate of drug-likeness (QED) is 0.818. The summed E-state index contributed by atoms with van der Waals surface area (Å²) in [6.07, 6.45) is 6.37. The number of hydrogen-bond acceptors (Lipinski definition) is 2. The summed E-state index contributed by atoms with van der Waals surface area (Å²) in [5.74, 6) is 0. The van der Waals surface area contributed by atoms with E-state index in [2.05, 4.69) is 57.1 Å². The van der Waals surface area contributed by atoms with E-state index in [0.717, 1.165) is 16.6 Å². The van der Waals surface area contributed by atoms with Crippen LogP contribution in [0.15, 0.2) is 65.9 Å². The Bertz CT molecular complexity index is 511. The molecule has 0 saturated heterocycles. The van der Waals surface area contributed by atoms with Crippen molar-refractivity contribution in [2.75, 3.05) is 5.32 Å². The molecule has 0 aliphatic carbocycles. The summed E-state index contributed by atoms with van der Waals surface area (Å²) in [6.45, 7) is 3.83. The van der Waals surface area contributed by atoms with Crippen LogP contribution in [0.5, 0.6) is 0 Å². The van der Waals surface area contributed by atoms with Crippen molar-refractivity contribution in [3.8, 4) is 0 Å². The first-order valence-corrected chi connectivity index (χ1v) is 6.62. The summed E-state index contributed by atoms with van der Waals surface area (Å²) in [6, 6.07) is 12.6. The largest absolute Gasteiger partial charge is 0.377 e. The highest BCUT2D eigenvalue weighted by Crippen LogP contribution is 2.27. The number of anilines is 1. The second kappa shape index (κ2) is 6.36. The van der Waals surface area contributed by atoms with Crippen LogP contribution in [0.4, 0.5) is 5.69 Å². The van der Waals surface area contributed by atoms with E-state index in [1.807, 2.05) is 18.2 Å². The molecule has 1 aromatic carbocycles. The van der Waals surface area contributed by atoms with E-state index in [1.54, 1.807) is 12.4 Å². The van der Waals surface area contributed by atoms with Gasteiger partial charge in [0.25, 0.3) is 0 Å². The molecule has 2 nitrogen and oxygen atoms in total. The molecular formula is C15H15BrN2. The van der Waals surface area contributed by atoms with Crippen molar-refractivity contribution in [1.29, 1.82) is 0 Å². The lowest BCUT2D eigenvalue weighted by Gasteiger charge is -2.19. The molecule has 18 heavy (non-hydrogen) atoms. The predicted octanol–water partition coefficient (Wildman–Crippen LogP) is 4.57. The van der Waals surface area contributed by atoms with Gasteiger partial charge in [0.1, 0.15) is 0 Å². The molecule has 1 aromatic heterocycles. The van der Waals surface area contributed by atoms with Crippen molar-refractivity contribution < 1.29 is 0 Å². The molecule has 0 bridgehead atoms. The van der Waals surface area contributed by atoms with Gasteiger partial charge in [0, 0.05) is 12.4 Å². The monoisotopic (exact) mass is 302 g/mol. The van der Waals surface area contributed by atoms with Gasteiger partial charge in [0.15, 0.2) is 0 Å². The molecule has 0 saturated carbocycles. The molecule has 3 heteroatoms. The van der Waals surface area contributed by atoms with Crippen molar-refractivity contribution in [3.05, 3.63) is 71.5 Å². The van der Waals surface area contributed by atoms with E-state index >= 15 is 0 Å². The number of benzene rings is 1. The molecule has 0 amide bonds. The smallest absolute Gasteiger partial charge is 0.0590 e. The van der Waals surface area contributed by atoms with Gasteiger partial charge in [-0.2, -0.15) is 0 Å². The molecule has 1 atom stereocenters. The Labute approximate surface area is 116 Å². The fourth-order valence-electron chi connectivity index (χ4n) is 1.81. The standard InChI is InChI=1S/C15H15BrN2/c1-2-6-14(12-7-4-3-5-8-12)18-15-9-10-17-11-13(15)16/h2-5,7-11,14H,1,6H2,(H,17,18). The third-order valence-electron chi connectivity index (χ3n) is 2.71. The Morgan fingerprint density at radius 2 is 2.06 bits per heavy atom. The molecule has 0 aliphatic rings. The minimum absolute atomic E-state index is 0.224. The number of nitrogens with zero attached hydrogens (tertiary/aromatic N) is 1. The first kappa shape index (κ1) is 12.8. The average Bonchev–Trinajstić information content (AvgIpc) is 2.42. The predicted molar refractivity (Wildman–Crippen MR) is 79.6 cm³/mol. The topological polar surface area (TPSA) is 24.9 Å². The van der Waals surface area contributed by atoms with Crippen LogP contribution in [0, 0.1) is 0 Å². The molecule has 2 rings (SSSR count). The van der Waals surface area contributed by atoms with Crippen LogP contribution < -0.4 is 5.32 Å². The van der Waals surface area contributed by atoms with Gasteiger partial charge in [-0.05, 0) is 34.0 Å². The first-order chi connectivity index (χ1) is 8.81. The van der Waals surface area contributed by atoms with Gasteiger partial charge in [0.05, 0.1) is 16.2 Å². The summed E-state index contributed by atoms with van der Waals surface area (Å²) >= 11 is 3.50. The van der Waals surface area contributed by atoms with Crippen LogP contribution in [0.3, 0.4) is 0 Å². The third-order valence-corrected chi connectivity index (χ3v) is 3.34. The lowest BCUT2D eigenvalue weighted by atomic mass is 10.0.